The number of methoxy groups -OCH3 is 1. The fourth-order valence-electron chi connectivity index (χ4n) is 4.74. The van der Waals surface area contributed by atoms with E-state index in [9.17, 15) is 14.4 Å². The molecule has 0 saturated carbocycles. The van der Waals surface area contributed by atoms with E-state index in [1.807, 2.05) is 50.2 Å². The Morgan fingerprint density at radius 3 is 2.36 bits per heavy atom. The first-order valence-corrected chi connectivity index (χ1v) is 11.3. The first-order valence-electron chi connectivity index (χ1n) is 11.3. The van der Waals surface area contributed by atoms with Crippen molar-refractivity contribution < 1.29 is 19.1 Å². The van der Waals surface area contributed by atoms with Crippen molar-refractivity contribution in [2.75, 3.05) is 17.3 Å². The van der Waals surface area contributed by atoms with Crippen LogP contribution in [0.2, 0.25) is 0 Å². The molecule has 1 amide bonds. The summed E-state index contributed by atoms with van der Waals surface area (Å²) in [7, 11) is 1.34. The van der Waals surface area contributed by atoms with Gasteiger partial charge >= 0.3 is 5.97 Å². The molecule has 4 rings (SSSR count). The van der Waals surface area contributed by atoms with E-state index in [1.165, 1.54) is 7.11 Å². The van der Waals surface area contributed by atoms with E-state index in [1.54, 1.807) is 17.0 Å². The number of carbonyl (C=O) groups excluding carboxylic acids is 3. The van der Waals surface area contributed by atoms with Crippen LogP contribution in [0, 0.1) is 11.3 Å². The minimum atomic E-state index is -0.596. The molecule has 6 heteroatoms. The molecule has 1 heterocycles. The van der Waals surface area contributed by atoms with Gasteiger partial charge in [0.2, 0.25) is 5.91 Å². The van der Waals surface area contributed by atoms with Gasteiger partial charge in [0.1, 0.15) is 0 Å². The Bertz CT molecular complexity index is 1140. The standard InChI is InChI=1S/C27H30N2O4/c1-16(2)25(31)29-21-9-7-6-8-19(21)28-20-14-27(3,4)15-22(30)23(20)24(29)17-10-12-18(13-11-17)26(32)33-5/h6-13,16,24,28H,14-15H2,1-5H3. The van der Waals surface area contributed by atoms with Crippen LogP contribution in [-0.4, -0.2) is 24.8 Å². The van der Waals surface area contributed by atoms with Gasteiger partial charge < -0.3 is 10.1 Å². The number of carbonyl (C=O) groups is 3. The number of Topliss-reactive ketones (excluding diaryl/α,β-unsaturated/α-hetero) is 1. The van der Waals surface area contributed by atoms with Gasteiger partial charge in [0.15, 0.2) is 5.78 Å². The highest BCUT2D eigenvalue weighted by molar-refractivity contribution is 6.06. The van der Waals surface area contributed by atoms with Crippen LogP contribution in [-0.2, 0) is 14.3 Å². The van der Waals surface area contributed by atoms with E-state index in [-0.39, 0.29) is 23.0 Å². The van der Waals surface area contributed by atoms with Crippen molar-refractivity contribution in [2.24, 2.45) is 11.3 Å². The number of esters is 1. The lowest BCUT2D eigenvalue weighted by molar-refractivity contribution is -0.122. The Hall–Kier alpha value is -3.41. The largest absolute Gasteiger partial charge is 0.465 e. The number of benzene rings is 2. The van der Waals surface area contributed by atoms with Gasteiger partial charge in [0, 0.05) is 23.6 Å². The van der Waals surface area contributed by atoms with Crippen LogP contribution < -0.4 is 10.2 Å². The van der Waals surface area contributed by atoms with E-state index in [2.05, 4.69) is 19.2 Å². The number of amides is 1. The van der Waals surface area contributed by atoms with Gasteiger partial charge in [-0.3, -0.25) is 14.5 Å². The number of nitrogens with one attached hydrogen (secondary N) is 1. The van der Waals surface area contributed by atoms with Crippen molar-refractivity contribution in [1.29, 1.82) is 0 Å². The Morgan fingerprint density at radius 2 is 1.73 bits per heavy atom. The lowest BCUT2D eigenvalue weighted by Gasteiger charge is -2.37. The van der Waals surface area contributed by atoms with Crippen molar-refractivity contribution in [2.45, 2.75) is 46.6 Å². The van der Waals surface area contributed by atoms with E-state index >= 15 is 0 Å². The zero-order valence-electron chi connectivity index (χ0n) is 19.8. The molecule has 33 heavy (non-hydrogen) atoms. The summed E-state index contributed by atoms with van der Waals surface area (Å²) < 4.78 is 4.83. The Balaban J connectivity index is 1.97. The number of anilines is 2. The number of hydrogen-bond donors (Lipinski definition) is 1. The lowest BCUT2D eigenvalue weighted by Crippen LogP contribution is -2.41. The zero-order chi connectivity index (χ0) is 23.9. The fourth-order valence-corrected chi connectivity index (χ4v) is 4.74. The van der Waals surface area contributed by atoms with E-state index in [0.29, 0.717) is 24.0 Å². The van der Waals surface area contributed by atoms with Crippen molar-refractivity contribution in [3.8, 4) is 0 Å². The van der Waals surface area contributed by atoms with E-state index in [4.69, 9.17) is 4.74 Å². The molecule has 1 aliphatic heterocycles. The number of para-hydroxylation sites is 2. The van der Waals surface area contributed by atoms with Gasteiger partial charge in [0.05, 0.1) is 30.1 Å². The highest BCUT2D eigenvalue weighted by atomic mass is 16.5. The maximum absolute atomic E-state index is 13.6. The third-order valence-electron chi connectivity index (χ3n) is 6.28. The average molecular weight is 447 g/mol. The third kappa shape index (κ3) is 4.17. The number of rotatable bonds is 3. The number of nitrogens with zero attached hydrogens (tertiary/aromatic N) is 1. The van der Waals surface area contributed by atoms with Crippen molar-refractivity contribution in [3.05, 3.63) is 70.9 Å². The second-order valence-electron chi connectivity index (χ2n) is 9.85. The molecule has 2 aliphatic rings. The number of hydrogen-bond acceptors (Lipinski definition) is 5. The van der Waals surface area contributed by atoms with Crippen LogP contribution in [0.3, 0.4) is 0 Å². The molecule has 172 valence electrons. The normalized spacial score (nSPS) is 19.4. The second kappa shape index (κ2) is 8.50. The summed E-state index contributed by atoms with van der Waals surface area (Å²) in [5, 5.41) is 3.50. The van der Waals surface area contributed by atoms with Gasteiger partial charge in [-0.25, -0.2) is 4.79 Å². The summed E-state index contributed by atoms with van der Waals surface area (Å²) in [6, 6.07) is 14.1. The summed E-state index contributed by atoms with van der Waals surface area (Å²) >= 11 is 0. The Kier molecular flexibility index (Phi) is 5.87. The molecule has 0 aromatic heterocycles. The number of ketones is 1. The zero-order valence-corrected chi connectivity index (χ0v) is 19.8. The average Bonchev–Trinajstić information content (AvgIpc) is 2.91. The van der Waals surface area contributed by atoms with Gasteiger partial charge in [-0.2, -0.15) is 0 Å². The number of fused-ring (bicyclic) bond motifs is 1. The molecule has 0 fully saturated rings. The topological polar surface area (TPSA) is 75.7 Å². The quantitative estimate of drug-likeness (QED) is 0.650. The van der Waals surface area contributed by atoms with Crippen molar-refractivity contribution in [3.63, 3.8) is 0 Å². The van der Waals surface area contributed by atoms with Crippen LogP contribution >= 0.6 is 0 Å². The van der Waals surface area contributed by atoms with Gasteiger partial charge in [-0.05, 0) is 41.7 Å². The molecule has 0 radical (unpaired) electrons. The second-order valence-corrected chi connectivity index (χ2v) is 9.85. The minimum absolute atomic E-state index is 0.0326. The van der Waals surface area contributed by atoms with Crippen molar-refractivity contribution >= 4 is 29.0 Å². The monoisotopic (exact) mass is 446 g/mol. The molecule has 1 unspecified atom stereocenters. The van der Waals surface area contributed by atoms with Crippen LogP contribution in [0.5, 0.6) is 0 Å². The predicted octanol–water partition coefficient (Wildman–Crippen LogP) is 5.27. The Labute approximate surface area is 194 Å². The van der Waals surface area contributed by atoms with Crippen LogP contribution in [0.15, 0.2) is 59.8 Å². The van der Waals surface area contributed by atoms with E-state index in [0.717, 1.165) is 22.6 Å². The Morgan fingerprint density at radius 1 is 1.06 bits per heavy atom. The third-order valence-corrected chi connectivity index (χ3v) is 6.28. The summed E-state index contributed by atoms with van der Waals surface area (Å²) in [5.74, 6) is -0.741. The SMILES string of the molecule is COC(=O)c1ccc(C2C3=C(CC(C)(C)CC3=O)Nc3ccccc3N2C(=O)C(C)C)cc1. The highest BCUT2D eigenvalue weighted by Gasteiger charge is 2.43. The molecule has 1 N–H and O–H groups in total. The molecule has 0 spiro atoms. The van der Waals surface area contributed by atoms with Crippen molar-refractivity contribution in [1.82, 2.24) is 0 Å². The number of ether oxygens (including phenoxy) is 1. The molecule has 0 saturated heterocycles. The summed E-state index contributed by atoms with van der Waals surface area (Å²) in [6.07, 6.45) is 1.10. The lowest BCUT2D eigenvalue weighted by atomic mass is 9.73. The molecule has 0 bridgehead atoms. The fraction of sp³-hybridized carbons (Fsp3) is 0.370. The molecule has 1 atom stereocenters. The first kappa shape index (κ1) is 22.8. The van der Waals surface area contributed by atoms with Gasteiger partial charge in [-0.1, -0.05) is 52.0 Å². The van der Waals surface area contributed by atoms with E-state index < -0.39 is 12.0 Å². The van der Waals surface area contributed by atoms with Gasteiger partial charge in [-0.15, -0.1) is 0 Å². The van der Waals surface area contributed by atoms with Gasteiger partial charge in [0.25, 0.3) is 0 Å². The smallest absolute Gasteiger partial charge is 0.337 e. The summed E-state index contributed by atoms with van der Waals surface area (Å²) in [4.78, 5) is 40.9. The van der Waals surface area contributed by atoms with Crippen LogP contribution in [0.1, 0.15) is 62.5 Å². The van der Waals surface area contributed by atoms with Crippen LogP contribution in [0.25, 0.3) is 0 Å². The summed E-state index contributed by atoms with van der Waals surface area (Å²) in [5.41, 5.74) is 4.01. The molecule has 6 nitrogen and oxygen atoms in total. The molecule has 2 aromatic rings. The van der Waals surface area contributed by atoms with Crippen LogP contribution in [0.4, 0.5) is 11.4 Å². The maximum atomic E-state index is 13.6. The molecule has 1 aliphatic carbocycles. The number of allylic oxidation sites excluding steroid dienone is 1. The highest BCUT2D eigenvalue weighted by Crippen LogP contribution is 2.48. The molecule has 2 aromatic carbocycles. The first-order chi connectivity index (χ1) is 15.6. The minimum Gasteiger partial charge on any atom is -0.465 e. The summed E-state index contributed by atoms with van der Waals surface area (Å²) in [6.45, 7) is 7.90. The molecular formula is C27H30N2O4. The maximum Gasteiger partial charge on any atom is 0.337 e. The predicted molar refractivity (Wildman–Crippen MR) is 128 cm³/mol. The molecular weight excluding hydrogens is 416 g/mol.